The number of fused-ring (bicyclic) bond motifs is 1. The SMILES string of the molecule is CNC(=O)c1ccc(N2CC(N3CCC(c4nc5ccccc5c(=O)[nH]4)C3)C2)cn1. The number of rotatable bonds is 4. The van der Waals surface area contributed by atoms with Gasteiger partial charge in [-0.3, -0.25) is 14.5 Å². The first-order valence-electron chi connectivity index (χ1n) is 10.3. The number of para-hydroxylation sites is 1. The number of pyridine rings is 1. The van der Waals surface area contributed by atoms with Crippen LogP contribution in [0.4, 0.5) is 5.69 Å². The average molecular weight is 404 g/mol. The number of aromatic nitrogens is 3. The Labute approximate surface area is 173 Å². The summed E-state index contributed by atoms with van der Waals surface area (Å²) in [4.78, 5) is 40.7. The average Bonchev–Trinajstić information content (AvgIpc) is 3.22. The van der Waals surface area contributed by atoms with Gasteiger partial charge in [0.05, 0.1) is 22.8 Å². The van der Waals surface area contributed by atoms with E-state index in [-0.39, 0.29) is 17.4 Å². The minimum atomic E-state index is -0.175. The number of aromatic amines is 1. The molecule has 1 atom stereocenters. The Bertz CT molecular complexity index is 1140. The second kappa shape index (κ2) is 7.53. The van der Waals surface area contributed by atoms with Crippen LogP contribution in [-0.2, 0) is 0 Å². The van der Waals surface area contributed by atoms with Crippen LogP contribution in [0.3, 0.4) is 0 Å². The lowest BCUT2D eigenvalue weighted by atomic mass is 10.1. The molecule has 8 heteroatoms. The summed E-state index contributed by atoms with van der Waals surface area (Å²) in [6.45, 7) is 3.80. The van der Waals surface area contributed by atoms with Gasteiger partial charge < -0.3 is 15.2 Å². The molecule has 2 fully saturated rings. The minimum Gasteiger partial charge on any atom is -0.367 e. The Hall–Kier alpha value is -3.26. The quantitative estimate of drug-likeness (QED) is 0.682. The highest BCUT2D eigenvalue weighted by atomic mass is 16.1. The van der Waals surface area contributed by atoms with E-state index in [4.69, 9.17) is 4.98 Å². The molecule has 3 aromatic rings. The first-order chi connectivity index (χ1) is 14.6. The number of benzene rings is 1. The predicted octanol–water partition coefficient (Wildman–Crippen LogP) is 1.36. The van der Waals surface area contributed by atoms with Crippen LogP contribution in [0.5, 0.6) is 0 Å². The molecule has 4 heterocycles. The van der Waals surface area contributed by atoms with E-state index in [1.807, 2.05) is 30.3 Å². The Kier molecular flexibility index (Phi) is 4.71. The summed E-state index contributed by atoms with van der Waals surface area (Å²) in [5.74, 6) is 0.878. The molecular formula is C22H24N6O2. The van der Waals surface area contributed by atoms with Gasteiger partial charge in [-0.2, -0.15) is 0 Å². The van der Waals surface area contributed by atoms with Crippen LogP contribution in [0.15, 0.2) is 47.4 Å². The van der Waals surface area contributed by atoms with Gasteiger partial charge in [-0.1, -0.05) is 12.1 Å². The fourth-order valence-electron chi connectivity index (χ4n) is 4.37. The van der Waals surface area contributed by atoms with Crippen molar-refractivity contribution >= 4 is 22.5 Å². The summed E-state index contributed by atoms with van der Waals surface area (Å²) in [5.41, 5.74) is 2.17. The van der Waals surface area contributed by atoms with Crippen molar-refractivity contribution in [2.45, 2.75) is 18.4 Å². The second-order valence-corrected chi connectivity index (χ2v) is 7.99. The van der Waals surface area contributed by atoms with Crippen molar-refractivity contribution in [3.63, 3.8) is 0 Å². The van der Waals surface area contributed by atoms with E-state index in [1.54, 1.807) is 19.3 Å². The number of amides is 1. The highest BCUT2D eigenvalue weighted by molar-refractivity contribution is 5.92. The van der Waals surface area contributed by atoms with Gasteiger partial charge in [0.25, 0.3) is 11.5 Å². The monoisotopic (exact) mass is 404 g/mol. The summed E-state index contributed by atoms with van der Waals surface area (Å²) in [5, 5.41) is 3.22. The zero-order chi connectivity index (χ0) is 20.7. The third kappa shape index (κ3) is 3.33. The van der Waals surface area contributed by atoms with Crippen LogP contribution >= 0.6 is 0 Å². The molecule has 0 radical (unpaired) electrons. The van der Waals surface area contributed by atoms with E-state index in [0.29, 0.717) is 17.1 Å². The summed E-state index contributed by atoms with van der Waals surface area (Å²) >= 11 is 0. The number of nitrogens with zero attached hydrogens (tertiary/aromatic N) is 4. The lowest BCUT2D eigenvalue weighted by Crippen LogP contribution is -2.59. The Balaban J connectivity index is 1.22. The van der Waals surface area contributed by atoms with E-state index in [1.165, 1.54) is 0 Å². The first kappa shape index (κ1) is 18.7. The summed E-state index contributed by atoms with van der Waals surface area (Å²) in [7, 11) is 1.60. The number of carbonyl (C=O) groups is 1. The second-order valence-electron chi connectivity index (χ2n) is 7.99. The van der Waals surface area contributed by atoms with E-state index < -0.39 is 0 Å². The molecule has 5 rings (SSSR count). The van der Waals surface area contributed by atoms with E-state index in [0.717, 1.165) is 49.6 Å². The third-order valence-electron chi connectivity index (χ3n) is 6.19. The minimum absolute atomic E-state index is 0.0587. The topological polar surface area (TPSA) is 94.2 Å². The summed E-state index contributed by atoms with van der Waals surface area (Å²) in [6, 6.07) is 11.7. The molecule has 1 aromatic carbocycles. The van der Waals surface area contributed by atoms with Crippen molar-refractivity contribution in [3.05, 3.63) is 64.5 Å². The smallest absolute Gasteiger partial charge is 0.269 e. The molecule has 1 amide bonds. The van der Waals surface area contributed by atoms with Gasteiger partial charge in [-0.05, 0) is 37.2 Å². The number of H-pyrrole nitrogens is 1. The van der Waals surface area contributed by atoms with Crippen molar-refractivity contribution in [1.29, 1.82) is 0 Å². The van der Waals surface area contributed by atoms with Gasteiger partial charge in [-0.25, -0.2) is 9.97 Å². The molecule has 154 valence electrons. The lowest BCUT2D eigenvalue weighted by Gasteiger charge is -2.45. The number of hydrogen-bond donors (Lipinski definition) is 2. The van der Waals surface area contributed by atoms with Crippen LogP contribution in [-0.4, -0.2) is 65.0 Å². The van der Waals surface area contributed by atoms with Gasteiger partial charge in [0.1, 0.15) is 11.5 Å². The van der Waals surface area contributed by atoms with E-state index in [9.17, 15) is 9.59 Å². The normalized spacial score (nSPS) is 19.8. The maximum Gasteiger partial charge on any atom is 0.269 e. The van der Waals surface area contributed by atoms with E-state index >= 15 is 0 Å². The van der Waals surface area contributed by atoms with Gasteiger partial charge in [0, 0.05) is 38.6 Å². The molecule has 0 saturated carbocycles. The molecule has 2 N–H and O–H groups in total. The Morgan fingerprint density at radius 3 is 2.77 bits per heavy atom. The molecule has 8 nitrogen and oxygen atoms in total. The Morgan fingerprint density at radius 2 is 2.00 bits per heavy atom. The maximum absolute atomic E-state index is 12.4. The number of hydrogen-bond acceptors (Lipinski definition) is 6. The lowest BCUT2D eigenvalue weighted by molar-refractivity contribution is 0.0958. The molecule has 30 heavy (non-hydrogen) atoms. The summed E-state index contributed by atoms with van der Waals surface area (Å²) < 4.78 is 0. The highest BCUT2D eigenvalue weighted by Gasteiger charge is 2.37. The number of anilines is 1. The van der Waals surface area contributed by atoms with Crippen LogP contribution in [0, 0.1) is 0 Å². The van der Waals surface area contributed by atoms with Crippen molar-refractivity contribution < 1.29 is 4.79 Å². The molecular weight excluding hydrogens is 380 g/mol. The van der Waals surface area contributed by atoms with Gasteiger partial charge in [-0.15, -0.1) is 0 Å². The largest absolute Gasteiger partial charge is 0.367 e. The molecule has 2 aliphatic rings. The van der Waals surface area contributed by atoms with Gasteiger partial charge in [0.15, 0.2) is 0 Å². The highest BCUT2D eigenvalue weighted by Crippen LogP contribution is 2.31. The van der Waals surface area contributed by atoms with Crippen LogP contribution < -0.4 is 15.8 Å². The van der Waals surface area contributed by atoms with Crippen LogP contribution in [0.2, 0.25) is 0 Å². The van der Waals surface area contributed by atoms with Crippen LogP contribution in [0.25, 0.3) is 10.9 Å². The molecule has 0 spiro atoms. The van der Waals surface area contributed by atoms with Crippen molar-refractivity contribution in [2.75, 3.05) is 38.1 Å². The maximum atomic E-state index is 12.4. The van der Waals surface area contributed by atoms with Gasteiger partial charge >= 0.3 is 0 Å². The molecule has 2 saturated heterocycles. The molecule has 2 aromatic heterocycles. The fourth-order valence-corrected chi connectivity index (χ4v) is 4.37. The standard InChI is InChI=1S/C22H24N6O2/c1-23-22(30)19-7-6-15(10-24-19)28-12-16(13-28)27-9-8-14(11-27)20-25-18-5-3-2-4-17(18)21(29)26-20/h2-7,10,14,16H,8-9,11-13H2,1H3,(H,23,30)(H,25,26,29). The van der Waals surface area contributed by atoms with E-state index in [2.05, 4.69) is 25.1 Å². The van der Waals surface area contributed by atoms with Crippen molar-refractivity contribution in [1.82, 2.24) is 25.2 Å². The first-order valence-corrected chi connectivity index (χ1v) is 10.3. The van der Waals surface area contributed by atoms with Crippen molar-refractivity contribution in [2.24, 2.45) is 0 Å². The zero-order valence-corrected chi connectivity index (χ0v) is 16.8. The predicted molar refractivity (Wildman–Crippen MR) is 115 cm³/mol. The van der Waals surface area contributed by atoms with Gasteiger partial charge in [0.2, 0.25) is 0 Å². The third-order valence-corrected chi connectivity index (χ3v) is 6.19. The molecule has 0 bridgehead atoms. The molecule has 0 aliphatic carbocycles. The number of likely N-dealkylation sites (tertiary alicyclic amines) is 1. The van der Waals surface area contributed by atoms with Crippen molar-refractivity contribution in [3.8, 4) is 0 Å². The number of carbonyl (C=O) groups excluding carboxylic acids is 1. The molecule has 1 unspecified atom stereocenters. The zero-order valence-electron chi connectivity index (χ0n) is 16.8. The fraction of sp³-hybridized carbons (Fsp3) is 0.364. The Morgan fingerprint density at radius 1 is 1.17 bits per heavy atom. The number of nitrogens with one attached hydrogen (secondary N) is 2. The summed E-state index contributed by atoms with van der Waals surface area (Å²) in [6.07, 6.45) is 2.76. The molecule has 2 aliphatic heterocycles. The van der Waals surface area contributed by atoms with Crippen LogP contribution in [0.1, 0.15) is 28.7 Å².